The summed E-state index contributed by atoms with van der Waals surface area (Å²) in [5.74, 6) is 0.115. The minimum atomic E-state index is -0.928. The van der Waals surface area contributed by atoms with Gasteiger partial charge in [-0.1, -0.05) is 25.1 Å². The highest BCUT2D eigenvalue weighted by Gasteiger charge is 2.47. The van der Waals surface area contributed by atoms with E-state index in [4.69, 9.17) is 18.9 Å². The predicted octanol–water partition coefficient (Wildman–Crippen LogP) is 5.91. The van der Waals surface area contributed by atoms with Crippen LogP contribution in [0.2, 0.25) is 0 Å². The van der Waals surface area contributed by atoms with Gasteiger partial charge in [0.1, 0.15) is 28.8 Å². The number of carbonyl (C=O) groups is 2. The summed E-state index contributed by atoms with van der Waals surface area (Å²) in [6.45, 7) is 6.99. The van der Waals surface area contributed by atoms with E-state index in [0.717, 1.165) is 6.42 Å². The van der Waals surface area contributed by atoms with E-state index < -0.39 is 17.7 Å². The Morgan fingerprint density at radius 3 is 2.28 bits per heavy atom. The number of nitrogens with zero attached hydrogens (tertiary/aromatic N) is 1. The summed E-state index contributed by atoms with van der Waals surface area (Å²) < 4.78 is 22.6. The number of methoxy groups -OCH3 is 1. The molecule has 8 nitrogen and oxygen atoms in total. The summed E-state index contributed by atoms with van der Waals surface area (Å²) in [6.07, 6.45) is 0.822. The number of hydrogen-bond donors (Lipinski definition) is 1. The summed E-state index contributed by atoms with van der Waals surface area (Å²) in [5, 5.41) is 11.6. The van der Waals surface area contributed by atoms with Gasteiger partial charge in [0.2, 0.25) is 0 Å². The first-order valence-electron chi connectivity index (χ1n) is 13.0. The lowest BCUT2D eigenvalue weighted by molar-refractivity contribution is -0.132. The highest BCUT2D eigenvalue weighted by Crippen LogP contribution is 2.44. The SMILES string of the molecule is CCCOc1cccc(N2C(=O)C(=O)/C(=C(\O)c3ccc(OCC)cc3OCC)C2c2cccc(OC)c2)c1. The number of Topliss-reactive ketones (excluding diaryl/α,β-unsaturated/α-hetero) is 1. The van der Waals surface area contributed by atoms with Gasteiger partial charge in [0, 0.05) is 17.8 Å². The molecule has 1 fully saturated rings. The van der Waals surface area contributed by atoms with Crippen molar-refractivity contribution >= 4 is 23.1 Å². The summed E-state index contributed by atoms with van der Waals surface area (Å²) in [7, 11) is 1.54. The number of ketones is 1. The van der Waals surface area contributed by atoms with Crippen LogP contribution in [0.5, 0.6) is 23.0 Å². The fraction of sp³-hybridized carbons (Fsp3) is 0.290. The van der Waals surface area contributed by atoms with Crippen LogP contribution in [0, 0.1) is 0 Å². The van der Waals surface area contributed by atoms with Crippen LogP contribution in [0.15, 0.2) is 72.3 Å². The Morgan fingerprint density at radius 2 is 1.56 bits per heavy atom. The number of aliphatic hydroxyl groups excluding tert-OH is 1. The lowest BCUT2D eigenvalue weighted by Gasteiger charge is -2.26. The number of hydrogen-bond acceptors (Lipinski definition) is 7. The topological polar surface area (TPSA) is 94.5 Å². The fourth-order valence-electron chi connectivity index (χ4n) is 4.54. The molecule has 1 unspecified atom stereocenters. The Hall–Kier alpha value is -4.46. The Bertz CT molecular complexity index is 1380. The standard InChI is InChI=1S/C31H33NO7/c1-5-16-39-23-13-9-11-21(18-23)32-28(20-10-8-12-22(17-20)36-4)27(30(34)31(32)35)29(33)25-15-14-24(37-6-2)19-26(25)38-7-3/h8-15,17-19,28,33H,5-7,16H2,1-4H3/b29-27-. The van der Waals surface area contributed by atoms with Crippen molar-refractivity contribution in [3.8, 4) is 23.0 Å². The van der Waals surface area contributed by atoms with E-state index in [1.54, 1.807) is 73.8 Å². The van der Waals surface area contributed by atoms with E-state index in [-0.39, 0.29) is 16.9 Å². The molecular weight excluding hydrogens is 498 g/mol. The average Bonchev–Trinajstić information content (AvgIpc) is 3.22. The Kier molecular flexibility index (Phi) is 8.76. The average molecular weight is 532 g/mol. The monoisotopic (exact) mass is 531 g/mol. The molecule has 3 aromatic carbocycles. The van der Waals surface area contributed by atoms with Crippen molar-refractivity contribution in [3.63, 3.8) is 0 Å². The molecule has 1 saturated heterocycles. The molecule has 0 aliphatic carbocycles. The number of amides is 1. The van der Waals surface area contributed by atoms with E-state index in [1.807, 2.05) is 20.8 Å². The summed E-state index contributed by atoms with van der Waals surface area (Å²) in [6, 6.07) is 18.1. The maximum absolute atomic E-state index is 13.6. The van der Waals surface area contributed by atoms with E-state index in [9.17, 15) is 14.7 Å². The number of carbonyl (C=O) groups excluding carboxylic acids is 2. The smallest absolute Gasteiger partial charge is 0.300 e. The molecule has 8 heteroatoms. The van der Waals surface area contributed by atoms with Gasteiger partial charge in [-0.3, -0.25) is 14.5 Å². The maximum atomic E-state index is 13.6. The molecule has 1 aliphatic heterocycles. The Morgan fingerprint density at radius 1 is 0.846 bits per heavy atom. The van der Waals surface area contributed by atoms with Crippen molar-refractivity contribution in [2.75, 3.05) is 31.8 Å². The first-order chi connectivity index (χ1) is 18.9. The van der Waals surface area contributed by atoms with Crippen molar-refractivity contribution in [3.05, 3.63) is 83.4 Å². The lowest BCUT2D eigenvalue weighted by Crippen LogP contribution is -2.29. The summed E-state index contributed by atoms with van der Waals surface area (Å²) in [5.41, 5.74) is 1.29. The highest BCUT2D eigenvalue weighted by molar-refractivity contribution is 6.51. The third-order valence-electron chi connectivity index (χ3n) is 6.24. The van der Waals surface area contributed by atoms with Crippen molar-refractivity contribution in [2.45, 2.75) is 33.2 Å². The minimum Gasteiger partial charge on any atom is -0.507 e. The molecule has 0 aromatic heterocycles. The third kappa shape index (κ3) is 5.70. The van der Waals surface area contributed by atoms with Crippen molar-refractivity contribution < 1.29 is 33.6 Å². The number of aliphatic hydroxyl groups is 1. The van der Waals surface area contributed by atoms with Crippen LogP contribution in [0.4, 0.5) is 5.69 Å². The Balaban J connectivity index is 1.92. The van der Waals surface area contributed by atoms with Gasteiger partial charge in [-0.15, -0.1) is 0 Å². The zero-order valence-electron chi connectivity index (χ0n) is 22.6. The first-order valence-corrected chi connectivity index (χ1v) is 13.0. The minimum absolute atomic E-state index is 0.0572. The third-order valence-corrected chi connectivity index (χ3v) is 6.24. The molecule has 1 heterocycles. The van der Waals surface area contributed by atoms with Crippen LogP contribution in [-0.4, -0.2) is 43.7 Å². The van der Waals surface area contributed by atoms with Crippen LogP contribution in [0.1, 0.15) is 44.4 Å². The number of benzene rings is 3. The molecule has 0 bridgehead atoms. The zero-order chi connectivity index (χ0) is 27.9. The van der Waals surface area contributed by atoms with Gasteiger partial charge in [-0.05, 0) is 62.2 Å². The second-order valence-corrected chi connectivity index (χ2v) is 8.82. The van der Waals surface area contributed by atoms with Gasteiger partial charge in [0.25, 0.3) is 11.7 Å². The van der Waals surface area contributed by atoms with Crippen LogP contribution >= 0.6 is 0 Å². The molecule has 0 radical (unpaired) electrons. The van der Waals surface area contributed by atoms with Gasteiger partial charge < -0.3 is 24.1 Å². The second-order valence-electron chi connectivity index (χ2n) is 8.82. The molecule has 1 atom stereocenters. The largest absolute Gasteiger partial charge is 0.507 e. The van der Waals surface area contributed by atoms with E-state index >= 15 is 0 Å². The summed E-state index contributed by atoms with van der Waals surface area (Å²) in [4.78, 5) is 28.6. The molecule has 0 spiro atoms. The van der Waals surface area contributed by atoms with E-state index in [2.05, 4.69) is 0 Å². The van der Waals surface area contributed by atoms with Gasteiger partial charge in [0.15, 0.2) is 0 Å². The lowest BCUT2D eigenvalue weighted by atomic mass is 9.94. The highest BCUT2D eigenvalue weighted by atomic mass is 16.5. The number of anilines is 1. The molecule has 0 saturated carbocycles. The van der Waals surface area contributed by atoms with Gasteiger partial charge >= 0.3 is 0 Å². The van der Waals surface area contributed by atoms with Crippen LogP contribution in [-0.2, 0) is 9.59 Å². The van der Waals surface area contributed by atoms with E-state index in [1.165, 1.54) is 4.90 Å². The van der Waals surface area contributed by atoms with Crippen molar-refractivity contribution in [1.82, 2.24) is 0 Å². The normalized spacial score (nSPS) is 16.3. The molecular formula is C31H33NO7. The molecule has 204 valence electrons. The van der Waals surface area contributed by atoms with Gasteiger partial charge in [0.05, 0.1) is 44.1 Å². The first kappa shape index (κ1) is 27.6. The van der Waals surface area contributed by atoms with Crippen LogP contribution in [0.3, 0.4) is 0 Å². The van der Waals surface area contributed by atoms with E-state index in [0.29, 0.717) is 54.1 Å². The molecule has 3 aromatic rings. The number of rotatable bonds is 11. The number of ether oxygens (including phenoxy) is 4. The molecule has 4 rings (SSSR count). The summed E-state index contributed by atoms with van der Waals surface area (Å²) >= 11 is 0. The van der Waals surface area contributed by atoms with Crippen LogP contribution < -0.4 is 23.8 Å². The van der Waals surface area contributed by atoms with Crippen molar-refractivity contribution in [2.24, 2.45) is 0 Å². The van der Waals surface area contributed by atoms with Crippen molar-refractivity contribution in [1.29, 1.82) is 0 Å². The quantitative estimate of drug-likeness (QED) is 0.187. The second kappa shape index (κ2) is 12.4. The maximum Gasteiger partial charge on any atom is 0.300 e. The molecule has 1 aliphatic rings. The van der Waals surface area contributed by atoms with Gasteiger partial charge in [-0.2, -0.15) is 0 Å². The fourth-order valence-corrected chi connectivity index (χ4v) is 4.54. The van der Waals surface area contributed by atoms with Crippen LogP contribution in [0.25, 0.3) is 5.76 Å². The molecule has 39 heavy (non-hydrogen) atoms. The zero-order valence-corrected chi connectivity index (χ0v) is 22.6. The molecule has 1 N–H and O–H groups in total. The molecule has 1 amide bonds. The van der Waals surface area contributed by atoms with Gasteiger partial charge in [-0.25, -0.2) is 0 Å². The Labute approximate surface area is 228 Å². The predicted molar refractivity (Wildman–Crippen MR) is 149 cm³/mol.